The van der Waals surface area contributed by atoms with Gasteiger partial charge in [-0.05, 0) is 173 Å². The van der Waals surface area contributed by atoms with Gasteiger partial charge in [0, 0.05) is 51.3 Å². The Kier molecular flexibility index (Phi) is 12.6. The molecule has 88 heavy (non-hydrogen) atoms. The Morgan fingerprint density at radius 2 is 0.932 bits per heavy atom. The fraction of sp³-hybridized carbons (Fsp3) is 0.145. The molecule has 11 aromatic carbocycles. The monoisotopic (exact) mass is 1130 g/mol. The fourth-order valence-electron chi connectivity index (χ4n) is 16.7. The molecule has 4 fully saturated rings. The third kappa shape index (κ3) is 8.69. The Hall–Kier alpha value is -10.2. The molecule has 4 saturated carbocycles. The number of nitrogens with zero attached hydrogens (tertiary/aromatic N) is 4. The Bertz CT molecular complexity index is 4620. The number of anilines is 4. The van der Waals surface area contributed by atoms with Gasteiger partial charge in [-0.25, -0.2) is 4.98 Å². The molecule has 0 unspecified atom stereocenters. The first-order chi connectivity index (χ1) is 43.5. The lowest BCUT2D eigenvalue weighted by atomic mass is 9.42. The van der Waals surface area contributed by atoms with Crippen molar-refractivity contribution < 1.29 is 4.74 Å². The lowest BCUT2D eigenvalue weighted by Gasteiger charge is -2.62. The van der Waals surface area contributed by atoms with E-state index < -0.39 is 0 Å². The van der Waals surface area contributed by atoms with Crippen LogP contribution in [0.1, 0.15) is 48.8 Å². The first-order valence-corrected chi connectivity index (χ1v) is 31.5. The van der Waals surface area contributed by atoms with E-state index in [2.05, 4.69) is 307 Å². The summed E-state index contributed by atoms with van der Waals surface area (Å²) in [7, 11) is 0. The average molecular weight is 1140 g/mol. The van der Waals surface area contributed by atoms with E-state index in [4.69, 9.17) is 9.72 Å². The Morgan fingerprint density at radius 3 is 1.55 bits per heavy atom. The zero-order valence-corrected chi connectivity index (χ0v) is 49.4. The molecule has 424 valence electrons. The quantitative estimate of drug-likeness (QED) is 0.122. The molecule has 18 rings (SSSR count). The van der Waals surface area contributed by atoms with Crippen molar-refractivity contribution in [3.63, 3.8) is 0 Å². The van der Waals surface area contributed by atoms with Crippen LogP contribution in [0.2, 0.25) is 0 Å². The summed E-state index contributed by atoms with van der Waals surface area (Å²) in [4.78, 5) is 10.3. The Labute approximate surface area is 515 Å². The minimum atomic E-state index is -0.0591. The molecule has 5 nitrogen and oxygen atoms in total. The second-order valence-electron chi connectivity index (χ2n) is 25.2. The lowest BCUT2D eigenvalue weighted by Crippen LogP contribution is -2.56. The average Bonchev–Trinajstić information content (AvgIpc) is 0.924. The molecule has 4 bridgehead atoms. The molecule has 13 aromatic rings. The maximum absolute atomic E-state index is 7.47. The first kappa shape index (κ1) is 52.1. The van der Waals surface area contributed by atoms with E-state index in [0.29, 0.717) is 18.5 Å². The number of fused-ring (bicyclic) bond motifs is 4. The van der Waals surface area contributed by atoms with Crippen LogP contribution in [-0.2, 0) is 5.41 Å². The lowest BCUT2D eigenvalue weighted by molar-refractivity contribution is -0.0418. The van der Waals surface area contributed by atoms with Crippen molar-refractivity contribution in [3.05, 3.63) is 302 Å². The number of aryl methyl sites for hydroxylation is 1. The van der Waals surface area contributed by atoms with Gasteiger partial charge in [0.15, 0.2) is 0 Å². The van der Waals surface area contributed by atoms with Crippen molar-refractivity contribution in [2.75, 3.05) is 16.5 Å². The molecular weight excluding hydrogens is 1070 g/mol. The first-order valence-electron chi connectivity index (χ1n) is 31.5. The van der Waals surface area contributed by atoms with Crippen LogP contribution in [0.4, 0.5) is 22.7 Å². The standard InChI is InChI=1S/C83H66N4O/c1-55-36-38-63(39-37-55)83(65-45-56-44-57(47-65)48-66(83)46-56)64-42-43-84-80(51-64)87-76-33-15-14-28-74(76)75-41-40-68(53-79(75)87)88-69-50-62(81-70(58-20-6-2-7-21-58)29-18-30-71(81)59-22-8-3-9-23-59)49-67(52-69)85-54-86(78-35-17-16-34-77(78)85)82-72(60-24-10-4-11-25-60)31-19-32-73(82)61-26-12-5-13-27-61/h2-43,49-53,56-57,65-66H,44-48,54H2,1H3. The van der Waals surface area contributed by atoms with Gasteiger partial charge in [-0.15, -0.1) is 0 Å². The molecule has 0 radical (unpaired) electrons. The van der Waals surface area contributed by atoms with E-state index in [1.807, 2.05) is 0 Å². The highest BCUT2D eigenvalue weighted by molar-refractivity contribution is 6.09. The van der Waals surface area contributed by atoms with Crippen molar-refractivity contribution >= 4 is 44.6 Å². The smallest absolute Gasteiger partial charge is 0.137 e. The van der Waals surface area contributed by atoms with E-state index >= 15 is 0 Å². The molecule has 5 heteroatoms. The van der Waals surface area contributed by atoms with Crippen LogP contribution in [0.5, 0.6) is 11.5 Å². The van der Waals surface area contributed by atoms with E-state index in [-0.39, 0.29) is 5.41 Å². The van der Waals surface area contributed by atoms with Gasteiger partial charge >= 0.3 is 0 Å². The number of hydrogen-bond donors (Lipinski definition) is 0. The minimum Gasteiger partial charge on any atom is -0.457 e. The molecule has 0 amide bonds. The summed E-state index contributed by atoms with van der Waals surface area (Å²) in [5, 5.41) is 2.35. The van der Waals surface area contributed by atoms with Crippen LogP contribution in [-0.4, -0.2) is 16.2 Å². The SMILES string of the molecule is Cc1ccc(C2(c3ccnc(-n4c5ccccc5c5ccc(Oc6cc(-c7c(-c8ccccc8)cccc7-c7ccccc7)cc(N7CN(c8c(-c9ccccc9)cccc8-c8ccccc8)c8ccccc87)c6)cc54)c3)C3CC4CC(C3)CC2C4)cc1. The van der Waals surface area contributed by atoms with Crippen LogP contribution in [0, 0.1) is 30.6 Å². The number of aromatic nitrogens is 2. The number of para-hydroxylation sites is 4. The highest BCUT2D eigenvalue weighted by atomic mass is 16.5. The van der Waals surface area contributed by atoms with Gasteiger partial charge in [0.2, 0.25) is 0 Å². The highest BCUT2D eigenvalue weighted by Gasteiger charge is 2.58. The molecule has 0 atom stereocenters. The number of ether oxygens (including phenoxy) is 1. The summed E-state index contributed by atoms with van der Waals surface area (Å²) in [5.74, 6) is 5.34. The predicted molar refractivity (Wildman–Crippen MR) is 363 cm³/mol. The third-order valence-corrected chi connectivity index (χ3v) is 20.2. The van der Waals surface area contributed by atoms with Crippen molar-refractivity contribution in [2.45, 2.75) is 44.4 Å². The molecule has 4 aliphatic carbocycles. The number of pyridine rings is 1. The van der Waals surface area contributed by atoms with Crippen LogP contribution in [0.15, 0.2) is 285 Å². The number of rotatable bonds is 12. The third-order valence-electron chi connectivity index (χ3n) is 20.2. The topological polar surface area (TPSA) is 33.5 Å². The van der Waals surface area contributed by atoms with Gasteiger partial charge in [0.1, 0.15) is 24.0 Å². The van der Waals surface area contributed by atoms with E-state index in [1.54, 1.807) is 0 Å². The zero-order valence-electron chi connectivity index (χ0n) is 49.4. The molecule has 5 aliphatic rings. The van der Waals surface area contributed by atoms with E-state index in [1.165, 1.54) is 76.4 Å². The summed E-state index contributed by atoms with van der Waals surface area (Å²) < 4.78 is 9.87. The number of benzene rings is 11. The largest absolute Gasteiger partial charge is 0.457 e. The maximum Gasteiger partial charge on any atom is 0.137 e. The van der Waals surface area contributed by atoms with Gasteiger partial charge < -0.3 is 14.5 Å². The second kappa shape index (κ2) is 21.3. The summed E-state index contributed by atoms with van der Waals surface area (Å²) in [5.41, 5.74) is 22.2. The zero-order chi connectivity index (χ0) is 58.3. The molecule has 1 aliphatic heterocycles. The molecule has 0 saturated heterocycles. The summed E-state index contributed by atoms with van der Waals surface area (Å²) in [6.45, 7) is 2.78. The van der Waals surface area contributed by atoms with E-state index in [9.17, 15) is 0 Å². The number of hydrogen-bond acceptors (Lipinski definition) is 4. The Morgan fingerprint density at radius 1 is 0.398 bits per heavy atom. The molecule has 0 spiro atoms. The van der Waals surface area contributed by atoms with Crippen molar-refractivity contribution in [3.8, 4) is 73.0 Å². The Balaban J connectivity index is 0.839. The van der Waals surface area contributed by atoms with Crippen LogP contribution < -0.4 is 14.5 Å². The van der Waals surface area contributed by atoms with Gasteiger partial charge in [0.05, 0.1) is 28.1 Å². The van der Waals surface area contributed by atoms with E-state index in [0.717, 1.165) is 102 Å². The van der Waals surface area contributed by atoms with Crippen molar-refractivity contribution in [2.24, 2.45) is 23.7 Å². The minimum absolute atomic E-state index is 0.0591. The van der Waals surface area contributed by atoms with Gasteiger partial charge in [-0.3, -0.25) is 4.57 Å². The summed E-state index contributed by atoms with van der Waals surface area (Å²) in [6.07, 6.45) is 8.74. The highest BCUT2D eigenvalue weighted by Crippen LogP contribution is 2.65. The van der Waals surface area contributed by atoms with Crippen LogP contribution in [0.25, 0.3) is 83.3 Å². The van der Waals surface area contributed by atoms with Crippen molar-refractivity contribution in [1.82, 2.24) is 9.55 Å². The van der Waals surface area contributed by atoms with Gasteiger partial charge in [-0.1, -0.05) is 218 Å². The molecule has 2 aromatic heterocycles. The fourth-order valence-corrected chi connectivity index (χ4v) is 16.7. The summed E-state index contributed by atoms with van der Waals surface area (Å²) >= 11 is 0. The van der Waals surface area contributed by atoms with Crippen LogP contribution >= 0.6 is 0 Å². The van der Waals surface area contributed by atoms with Crippen molar-refractivity contribution in [1.29, 1.82) is 0 Å². The summed E-state index contributed by atoms with van der Waals surface area (Å²) in [6, 6.07) is 102. The van der Waals surface area contributed by atoms with Crippen LogP contribution in [0.3, 0.4) is 0 Å². The maximum atomic E-state index is 7.47. The van der Waals surface area contributed by atoms with Gasteiger partial charge in [-0.2, -0.15) is 0 Å². The normalized spacial score (nSPS) is 19.1. The molecule has 0 N–H and O–H groups in total. The predicted octanol–water partition coefficient (Wildman–Crippen LogP) is 21.6. The second-order valence-corrected chi connectivity index (χ2v) is 25.2. The molecular formula is C83H66N4O. The van der Waals surface area contributed by atoms with Gasteiger partial charge in [0.25, 0.3) is 0 Å². The molecule has 3 heterocycles.